The normalized spacial score (nSPS) is 14.7. The molecule has 0 saturated heterocycles. The van der Waals surface area contributed by atoms with Gasteiger partial charge in [0, 0.05) is 42.1 Å². The Hall–Kier alpha value is -4.06. The van der Waals surface area contributed by atoms with Gasteiger partial charge >= 0.3 is 0 Å². The second-order valence-corrected chi connectivity index (χ2v) is 8.78. The number of benzene rings is 2. The molecule has 0 saturated carbocycles. The lowest BCUT2D eigenvalue weighted by Gasteiger charge is -2.32. The number of allylic oxidation sites excluding steroid dienone is 7. The summed E-state index contributed by atoms with van der Waals surface area (Å²) in [5.74, 6) is 1.21. The fourth-order valence-electron chi connectivity index (χ4n) is 4.60. The monoisotopic (exact) mass is 498 g/mol. The van der Waals surface area contributed by atoms with Crippen LogP contribution in [0.5, 0.6) is 11.5 Å². The van der Waals surface area contributed by atoms with E-state index in [1.54, 1.807) is 7.11 Å². The number of methoxy groups -OCH3 is 1. The lowest BCUT2D eigenvalue weighted by molar-refractivity contribution is -0.524. The number of likely N-dealkylation sites (N-methyl/N-ethyl adjacent to an activating group) is 1. The van der Waals surface area contributed by atoms with Gasteiger partial charge in [-0.25, -0.2) is 4.58 Å². The highest BCUT2D eigenvalue weighted by atomic mass is 16.5. The molecular formula is C31H34N2O4. The fraction of sp³-hybridized carbons (Fsp3) is 0.290. The van der Waals surface area contributed by atoms with Crippen molar-refractivity contribution in [2.45, 2.75) is 20.8 Å². The quantitative estimate of drug-likeness (QED) is 0.363. The van der Waals surface area contributed by atoms with Gasteiger partial charge in [0.2, 0.25) is 0 Å². The topological polar surface area (TPSA) is 64.8 Å². The minimum absolute atomic E-state index is 0.187. The van der Waals surface area contributed by atoms with E-state index in [9.17, 15) is 9.90 Å². The molecule has 0 bridgehead atoms. The zero-order chi connectivity index (χ0) is 26.4. The van der Waals surface area contributed by atoms with Gasteiger partial charge in [-0.3, -0.25) is 4.79 Å². The predicted octanol–water partition coefficient (Wildman–Crippen LogP) is 4.17. The van der Waals surface area contributed by atoms with Crippen molar-refractivity contribution < 1.29 is 24.0 Å². The van der Waals surface area contributed by atoms with Crippen molar-refractivity contribution in [3.05, 3.63) is 95.3 Å². The number of Topliss-reactive ketones (excluding diaryl/α,β-unsaturated/α-hetero) is 1. The number of carbonyl (C=O) groups excluding carboxylic acids is 1. The standard InChI is InChI=1S/C31H34N2O4/c1-5-32(6-2)24-12-8-22(9-13-24)28-30(34)29(31(28)35)23-10-14-25(15-11-23)33(7-3)20-21-37-27-18-16-26(36-4)17-19-27/h8-19H,5-7,20-21H2,1-4H3. The minimum atomic E-state index is -0.187. The molecule has 2 aliphatic carbocycles. The second-order valence-electron chi connectivity index (χ2n) is 8.78. The van der Waals surface area contributed by atoms with Crippen LogP contribution in [0.25, 0.3) is 5.57 Å². The third kappa shape index (κ3) is 5.53. The molecule has 4 rings (SSSR count). The first-order valence-electron chi connectivity index (χ1n) is 12.8. The Morgan fingerprint density at radius 1 is 0.838 bits per heavy atom. The maximum Gasteiger partial charge on any atom is 0.200 e. The molecule has 2 aromatic rings. The van der Waals surface area contributed by atoms with E-state index in [1.165, 1.54) is 0 Å². The van der Waals surface area contributed by atoms with Crippen LogP contribution in [-0.2, 0) is 4.79 Å². The molecule has 0 aromatic heterocycles. The molecule has 192 valence electrons. The number of anilines is 1. The van der Waals surface area contributed by atoms with Gasteiger partial charge in [-0.1, -0.05) is 17.9 Å². The van der Waals surface area contributed by atoms with Crippen molar-refractivity contribution in [1.82, 2.24) is 0 Å². The molecule has 0 heterocycles. The van der Waals surface area contributed by atoms with E-state index < -0.39 is 0 Å². The highest BCUT2D eigenvalue weighted by Gasteiger charge is 2.30. The summed E-state index contributed by atoms with van der Waals surface area (Å²) < 4.78 is 13.2. The Bertz CT molecular complexity index is 1270. The van der Waals surface area contributed by atoms with Crippen LogP contribution in [0.3, 0.4) is 0 Å². The molecule has 0 aliphatic heterocycles. The predicted molar refractivity (Wildman–Crippen MR) is 146 cm³/mol. The zero-order valence-corrected chi connectivity index (χ0v) is 22.0. The average molecular weight is 499 g/mol. The van der Waals surface area contributed by atoms with Crippen LogP contribution in [0.15, 0.2) is 89.7 Å². The molecule has 6 heteroatoms. The maximum absolute atomic E-state index is 13.0. The molecule has 37 heavy (non-hydrogen) atoms. The summed E-state index contributed by atoms with van der Waals surface area (Å²) in [6, 6.07) is 15.2. The van der Waals surface area contributed by atoms with Crippen LogP contribution in [0.4, 0.5) is 5.69 Å². The molecule has 0 spiro atoms. The molecule has 0 fully saturated rings. The summed E-state index contributed by atoms with van der Waals surface area (Å²) in [5.41, 5.74) is 3.98. The molecule has 2 aliphatic rings. The number of hydrogen-bond donors (Lipinski definition) is 0. The Morgan fingerprint density at radius 3 is 2.00 bits per heavy atom. The van der Waals surface area contributed by atoms with Crippen LogP contribution >= 0.6 is 0 Å². The van der Waals surface area contributed by atoms with E-state index in [0.717, 1.165) is 42.5 Å². The lowest BCUT2D eigenvalue weighted by atomic mass is 9.80. The van der Waals surface area contributed by atoms with Crippen molar-refractivity contribution in [1.29, 1.82) is 0 Å². The molecule has 0 atom stereocenters. The van der Waals surface area contributed by atoms with Gasteiger partial charge in [0.05, 0.1) is 7.11 Å². The first-order chi connectivity index (χ1) is 18.0. The first-order valence-corrected chi connectivity index (χ1v) is 12.8. The van der Waals surface area contributed by atoms with Gasteiger partial charge in [0.25, 0.3) is 0 Å². The smallest absolute Gasteiger partial charge is 0.200 e. The van der Waals surface area contributed by atoms with Gasteiger partial charge in [-0.15, -0.1) is 0 Å². The number of ketones is 1. The molecular weight excluding hydrogens is 464 g/mol. The Balaban J connectivity index is 1.45. The van der Waals surface area contributed by atoms with Crippen LogP contribution in [-0.4, -0.2) is 56.0 Å². The minimum Gasteiger partial charge on any atom is -0.871 e. The van der Waals surface area contributed by atoms with Crippen LogP contribution in [0, 0.1) is 0 Å². The van der Waals surface area contributed by atoms with E-state index in [1.807, 2.05) is 72.8 Å². The largest absolute Gasteiger partial charge is 0.871 e. The molecule has 6 nitrogen and oxygen atoms in total. The number of rotatable bonds is 10. The number of carbonyl (C=O) groups is 1. The maximum atomic E-state index is 13.0. The van der Waals surface area contributed by atoms with Crippen molar-refractivity contribution in [2.24, 2.45) is 0 Å². The van der Waals surface area contributed by atoms with E-state index in [2.05, 4.69) is 30.2 Å². The summed E-state index contributed by atoms with van der Waals surface area (Å²) in [4.78, 5) is 15.2. The number of ether oxygens (including phenoxy) is 2. The van der Waals surface area contributed by atoms with Crippen molar-refractivity contribution >= 4 is 22.8 Å². The van der Waals surface area contributed by atoms with Crippen molar-refractivity contribution in [2.75, 3.05) is 44.8 Å². The molecule has 2 aromatic carbocycles. The van der Waals surface area contributed by atoms with Gasteiger partial charge in [-0.05, 0) is 80.5 Å². The summed E-state index contributed by atoms with van der Waals surface area (Å²) in [7, 11) is 1.64. The van der Waals surface area contributed by atoms with Crippen LogP contribution < -0.4 is 19.5 Å². The fourth-order valence-corrected chi connectivity index (χ4v) is 4.60. The molecule has 0 unspecified atom stereocenters. The summed E-state index contributed by atoms with van der Waals surface area (Å²) >= 11 is 0. The lowest BCUT2D eigenvalue weighted by Crippen LogP contribution is -2.30. The van der Waals surface area contributed by atoms with Gasteiger partial charge < -0.3 is 19.5 Å². The SMILES string of the molecule is CCN(CC)c1ccc(C2=C([O-])C(=C3C=CC(=[N+](CC)CCOc4ccc(OC)cc4)C=C3)C2=O)cc1. The van der Waals surface area contributed by atoms with Crippen molar-refractivity contribution in [3.8, 4) is 11.5 Å². The third-order valence-electron chi connectivity index (χ3n) is 6.79. The van der Waals surface area contributed by atoms with E-state index in [0.29, 0.717) is 24.3 Å². The summed E-state index contributed by atoms with van der Waals surface area (Å²) in [6.45, 7) is 10.1. The zero-order valence-electron chi connectivity index (χ0n) is 22.0. The molecule has 0 amide bonds. The Labute approximate surface area is 219 Å². The molecule has 0 radical (unpaired) electrons. The number of nitrogens with zero attached hydrogens (tertiary/aromatic N) is 2. The van der Waals surface area contributed by atoms with Crippen molar-refractivity contribution in [3.63, 3.8) is 0 Å². The van der Waals surface area contributed by atoms with E-state index in [-0.39, 0.29) is 22.7 Å². The highest BCUT2D eigenvalue weighted by Crippen LogP contribution is 2.37. The van der Waals surface area contributed by atoms with E-state index in [4.69, 9.17) is 9.47 Å². The summed E-state index contributed by atoms with van der Waals surface area (Å²) in [6.07, 6.45) is 7.62. The molecule has 0 N–H and O–H groups in total. The second kappa shape index (κ2) is 11.8. The Morgan fingerprint density at radius 2 is 1.46 bits per heavy atom. The van der Waals surface area contributed by atoms with E-state index >= 15 is 0 Å². The van der Waals surface area contributed by atoms with Gasteiger partial charge in [-0.2, -0.15) is 0 Å². The average Bonchev–Trinajstić information content (AvgIpc) is 2.94. The first kappa shape index (κ1) is 26.0. The van der Waals surface area contributed by atoms with Gasteiger partial charge in [0.1, 0.15) is 24.7 Å². The third-order valence-corrected chi connectivity index (χ3v) is 6.79. The Kier molecular flexibility index (Phi) is 8.29. The van der Waals surface area contributed by atoms with Crippen LogP contribution in [0.1, 0.15) is 26.3 Å². The highest BCUT2D eigenvalue weighted by molar-refractivity contribution is 6.39. The summed E-state index contributed by atoms with van der Waals surface area (Å²) in [5, 5.41) is 13.0. The number of hydrogen-bond acceptors (Lipinski definition) is 5. The van der Waals surface area contributed by atoms with Gasteiger partial charge in [0.15, 0.2) is 18.0 Å². The van der Waals surface area contributed by atoms with Crippen LogP contribution in [0.2, 0.25) is 0 Å².